The van der Waals surface area contributed by atoms with Crippen LogP contribution in [0.25, 0.3) is 32.3 Å². The standard InChI is InChI=1S/C36H46N4O9S3/c1-7-17-39(19-9-15-37-35(42)23(3)4)51(46,47)31-22-32(52(48,49)40(18-8-2)20-10-16-38-36(43)24(5)6)28-14-12-26-30(50(44)45)21-29(41)25-11-13-27(31)34(28)33(25)26/h11-14,21-22,41H,3,5,7-10,15-20H2,1-2,4,6H3,(H,37,42)(H,38,43)(H,44,45)/p-1. The van der Waals surface area contributed by atoms with Gasteiger partial charge in [-0.1, -0.05) is 45.2 Å². The molecule has 16 heteroatoms. The van der Waals surface area contributed by atoms with E-state index in [1.165, 1.54) is 32.9 Å². The molecule has 0 aromatic heterocycles. The van der Waals surface area contributed by atoms with Crippen LogP contribution < -0.4 is 10.6 Å². The summed E-state index contributed by atoms with van der Waals surface area (Å²) in [6.45, 7) is 14.5. The summed E-state index contributed by atoms with van der Waals surface area (Å²) in [5.74, 6) is -1.08. The van der Waals surface area contributed by atoms with Crippen LogP contribution in [-0.2, 0) is 40.7 Å². The fourth-order valence-electron chi connectivity index (χ4n) is 6.14. The largest absolute Gasteiger partial charge is 0.768 e. The van der Waals surface area contributed by atoms with E-state index in [2.05, 4.69) is 23.8 Å². The van der Waals surface area contributed by atoms with Crippen LogP contribution in [0.5, 0.6) is 5.75 Å². The number of phenols is 1. The van der Waals surface area contributed by atoms with Gasteiger partial charge in [0.15, 0.2) is 0 Å². The molecular formula is C36H45N4O9S3-. The molecule has 0 spiro atoms. The number of hydrogen-bond acceptors (Lipinski definition) is 9. The number of benzene rings is 4. The van der Waals surface area contributed by atoms with Crippen molar-refractivity contribution in [2.75, 3.05) is 39.3 Å². The molecule has 0 bridgehead atoms. The summed E-state index contributed by atoms with van der Waals surface area (Å²) in [7, 11) is -8.84. The Morgan fingerprint density at radius 2 is 1.13 bits per heavy atom. The van der Waals surface area contributed by atoms with Gasteiger partial charge >= 0.3 is 0 Å². The molecule has 2 amide bonds. The first kappa shape index (κ1) is 40.8. The number of carbonyl (C=O) groups is 2. The maximum absolute atomic E-state index is 14.7. The molecule has 0 fully saturated rings. The van der Waals surface area contributed by atoms with Crippen LogP contribution in [0.1, 0.15) is 53.4 Å². The van der Waals surface area contributed by atoms with Gasteiger partial charge in [-0.2, -0.15) is 8.61 Å². The SMILES string of the molecule is C=C(C)C(=O)NCCCN(CCC)S(=O)(=O)c1cc(S(=O)(=O)N(CCC)CCCNC(=O)C(=C)C)c2ccc3c(S(=O)[O-])cc(O)c4ccc1c2c43. The quantitative estimate of drug-likeness (QED) is 0.0533. The number of nitrogens with zero attached hydrogens (tertiary/aromatic N) is 2. The highest BCUT2D eigenvalue weighted by Crippen LogP contribution is 2.45. The van der Waals surface area contributed by atoms with E-state index in [-0.39, 0.29) is 117 Å². The number of carbonyl (C=O) groups excluding carboxylic acids is 2. The van der Waals surface area contributed by atoms with E-state index in [0.29, 0.717) is 24.0 Å². The average molecular weight is 774 g/mol. The summed E-state index contributed by atoms with van der Waals surface area (Å²) < 4.78 is 85.8. The summed E-state index contributed by atoms with van der Waals surface area (Å²) >= 11 is -2.79. The topological polar surface area (TPSA) is 193 Å². The molecule has 4 aromatic carbocycles. The van der Waals surface area contributed by atoms with E-state index in [4.69, 9.17) is 0 Å². The van der Waals surface area contributed by atoms with Crippen molar-refractivity contribution in [3.05, 3.63) is 60.7 Å². The Balaban J connectivity index is 1.97. The van der Waals surface area contributed by atoms with Crippen LogP contribution in [0.2, 0.25) is 0 Å². The van der Waals surface area contributed by atoms with Crippen molar-refractivity contribution in [1.29, 1.82) is 0 Å². The molecule has 52 heavy (non-hydrogen) atoms. The summed E-state index contributed by atoms with van der Waals surface area (Å²) in [6.07, 6.45) is 1.39. The molecular weight excluding hydrogens is 729 g/mol. The van der Waals surface area contributed by atoms with Gasteiger partial charge in [0.05, 0.1) is 9.79 Å². The van der Waals surface area contributed by atoms with E-state index < -0.39 is 31.1 Å². The van der Waals surface area contributed by atoms with Crippen LogP contribution in [-0.4, -0.2) is 90.4 Å². The maximum Gasteiger partial charge on any atom is 0.246 e. The second kappa shape index (κ2) is 16.8. The van der Waals surface area contributed by atoms with E-state index in [1.54, 1.807) is 27.7 Å². The summed E-state index contributed by atoms with van der Waals surface area (Å²) in [4.78, 5) is 23.2. The Morgan fingerprint density at radius 3 is 1.54 bits per heavy atom. The molecule has 1 unspecified atom stereocenters. The minimum atomic E-state index is -4.42. The second-order valence-electron chi connectivity index (χ2n) is 12.7. The predicted octanol–water partition coefficient (Wildman–Crippen LogP) is 4.49. The van der Waals surface area contributed by atoms with Crippen molar-refractivity contribution in [1.82, 2.24) is 19.2 Å². The predicted molar refractivity (Wildman–Crippen MR) is 202 cm³/mol. The first-order valence-electron chi connectivity index (χ1n) is 16.9. The van der Waals surface area contributed by atoms with Crippen molar-refractivity contribution in [3.63, 3.8) is 0 Å². The third kappa shape index (κ3) is 8.32. The molecule has 1 atom stereocenters. The van der Waals surface area contributed by atoms with Gasteiger partial charge in [-0.15, -0.1) is 0 Å². The molecule has 0 radical (unpaired) electrons. The Kier molecular flexibility index (Phi) is 13.2. The molecule has 4 rings (SSSR count). The van der Waals surface area contributed by atoms with E-state index in [9.17, 15) is 40.3 Å². The van der Waals surface area contributed by atoms with E-state index >= 15 is 0 Å². The highest BCUT2D eigenvalue weighted by Gasteiger charge is 2.33. The van der Waals surface area contributed by atoms with Gasteiger partial charge in [0.1, 0.15) is 5.75 Å². The number of hydrogen-bond donors (Lipinski definition) is 3. The zero-order valence-electron chi connectivity index (χ0n) is 29.8. The molecule has 4 aromatic rings. The molecule has 0 saturated carbocycles. The van der Waals surface area contributed by atoms with Gasteiger partial charge in [-0.25, -0.2) is 16.8 Å². The zero-order chi connectivity index (χ0) is 38.5. The average Bonchev–Trinajstić information content (AvgIpc) is 3.09. The minimum Gasteiger partial charge on any atom is -0.768 e. The fraction of sp³-hybridized carbons (Fsp3) is 0.389. The molecule has 3 N–H and O–H groups in total. The van der Waals surface area contributed by atoms with Crippen LogP contribution in [0.15, 0.2) is 75.4 Å². The molecule has 0 aliphatic carbocycles. The zero-order valence-corrected chi connectivity index (χ0v) is 32.2. The lowest BCUT2D eigenvalue weighted by Gasteiger charge is -2.27. The lowest BCUT2D eigenvalue weighted by Crippen LogP contribution is -2.36. The van der Waals surface area contributed by atoms with Gasteiger partial charge < -0.3 is 20.3 Å². The van der Waals surface area contributed by atoms with E-state index in [1.807, 2.05) is 0 Å². The minimum absolute atomic E-state index is 0.00860. The highest BCUT2D eigenvalue weighted by molar-refractivity contribution is 7.90. The number of sulfonamides is 2. The van der Waals surface area contributed by atoms with Crippen LogP contribution in [0.3, 0.4) is 0 Å². The van der Waals surface area contributed by atoms with Crippen molar-refractivity contribution >= 4 is 75.3 Å². The lowest BCUT2D eigenvalue weighted by atomic mass is 9.94. The fourth-order valence-corrected chi connectivity index (χ4v) is 10.3. The number of phenolic OH excluding ortho intramolecular Hbond substituents is 1. The first-order valence-corrected chi connectivity index (χ1v) is 20.9. The summed E-state index contributed by atoms with van der Waals surface area (Å²) in [6, 6.07) is 8.17. The van der Waals surface area contributed by atoms with Crippen molar-refractivity contribution < 1.29 is 40.3 Å². The van der Waals surface area contributed by atoms with Gasteiger partial charge in [-0.05, 0) is 74.2 Å². The number of nitrogens with one attached hydrogen (secondary N) is 2. The third-order valence-corrected chi connectivity index (χ3v) is 13.2. The Bertz CT molecular complexity index is 2180. The molecule has 13 nitrogen and oxygen atoms in total. The summed E-state index contributed by atoms with van der Waals surface area (Å²) in [5.41, 5.74) is 0.619. The van der Waals surface area contributed by atoms with Gasteiger partial charge in [0.25, 0.3) is 0 Å². The normalized spacial score (nSPS) is 13.0. The van der Waals surface area contributed by atoms with Crippen LogP contribution in [0, 0.1) is 0 Å². The molecule has 0 aliphatic rings. The molecule has 0 aliphatic heterocycles. The number of aromatic hydroxyl groups is 1. The maximum atomic E-state index is 14.7. The van der Waals surface area contributed by atoms with E-state index in [0.717, 1.165) is 12.1 Å². The van der Waals surface area contributed by atoms with Crippen LogP contribution >= 0.6 is 0 Å². The first-order chi connectivity index (χ1) is 24.5. The van der Waals surface area contributed by atoms with Gasteiger partial charge in [-0.3, -0.25) is 13.8 Å². The van der Waals surface area contributed by atoms with Crippen LogP contribution in [0.4, 0.5) is 0 Å². The second-order valence-corrected chi connectivity index (χ2v) is 17.4. The molecule has 0 heterocycles. The van der Waals surface area contributed by atoms with Gasteiger partial charge in [0, 0.05) is 82.2 Å². The monoisotopic (exact) mass is 773 g/mol. The summed E-state index contributed by atoms with van der Waals surface area (Å²) in [5, 5.41) is 17.4. The van der Waals surface area contributed by atoms with Crippen molar-refractivity contribution in [2.45, 2.75) is 68.1 Å². The Morgan fingerprint density at radius 1 is 0.731 bits per heavy atom. The smallest absolute Gasteiger partial charge is 0.246 e. The Labute approximate surface area is 307 Å². The van der Waals surface area contributed by atoms with Crippen molar-refractivity contribution in [2.24, 2.45) is 0 Å². The number of amides is 2. The van der Waals surface area contributed by atoms with Crippen molar-refractivity contribution in [3.8, 4) is 5.75 Å². The molecule has 282 valence electrons. The Hall–Kier alpha value is -3.93. The molecule has 0 saturated heterocycles. The number of rotatable bonds is 19. The van der Waals surface area contributed by atoms with Gasteiger partial charge in [0.2, 0.25) is 31.9 Å². The third-order valence-electron chi connectivity index (χ3n) is 8.64. The highest BCUT2D eigenvalue weighted by atomic mass is 32.2. The lowest BCUT2D eigenvalue weighted by molar-refractivity contribution is -0.118.